The molecule has 0 bridgehead atoms. The molecule has 1 saturated heterocycles. The Kier molecular flexibility index (Phi) is 4.46. The Balaban J connectivity index is 1.99. The average Bonchev–Trinajstić information content (AvgIpc) is 2.39. The summed E-state index contributed by atoms with van der Waals surface area (Å²) in [4.78, 5) is 2.32. The molecule has 0 aromatic heterocycles. The zero-order chi connectivity index (χ0) is 13.0. The Morgan fingerprint density at radius 2 is 2.33 bits per heavy atom. The molecule has 96 valence electrons. The van der Waals surface area contributed by atoms with Gasteiger partial charge in [-0.1, -0.05) is 18.0 Å². The number of likely N-dealkylation sites (tertiary alicyclic amines) is 1. The van der Waals surface area contributed by atoms with Gasteiger partial charge in [0.05, 0.1) is 5.56 Å². The monoisotopic (exact) mass is 264 g/mol. The SMILES string of the molecule is CN1CCCCC1COc1ccc(Cl)cc1C#N. The first-order valence-corrected chi connectivity index (χ1v) is 6.61. The van der Waals surface area contributed by atoms with Crippen molar-refractivity contribution in [2.45, 2.75) is 25.3 Å². The highest BCUT2D eigenvalue weighted by molar-refractivity contribution is 6.30. The van der Waals surface area contributed by atoms with E-state index in [-0.39, 0.29) is 0 Å². The molecule has 3 nitrogen and oxygen atoms in total. The molecule has 0 N–H and O–H groups in total. The van der Waals surface area contributed by atoms with E-state index < -0.39 is 0 Å². The van der Waals surface area contributed by atoms with Crippen molar-refractivity contribution in [3.63, 3.8) is 0 Å². The second-order valence-electron chi connectivity index (χ2n) is 4.69. The average molecular weight is 265 g/mol. The van der Waals surface area contributed by atoms with E-state index in [4.69, 9.17) is 21.6 Å². The van der Waals surface area contributed by atoms with Gasteiger partial charge in [-0.25, -0.2) is 0 Å². The summed E-state index contributed by atoms with van der Waals surface area (Å²) in [6.07, 6.45) is 3.67. The highest BCUT2D eigenvalue weighted by Gasteiger charge is 2.19. The Bertz CT molecular complexity index is 456. The quantitative estimate of drug-likeness (QED) is 0.842. The molecule has 0 spiro atoms. The first-order chi connectivity index (χ1) is 8.70. The van der Waals surface area contributed by atoms with E-state index in [9.17, 15) is 0 Å². The fraction of sp³-hybridized carbons (Fsp3) is 0.500. The van der Waals surface area contributed by atoms with Crippen molar-refractivity contribution in [3.8, 4) is 11.8 Å². The van der Waals surface area contributed by atoms with Gasteiger partial charge in [-0.2, -0.15) is 5.26 Å². The van der Waals surface area contributed by atoms with Gasteiger partial charge in [0.25, 0.3) is 0 Å². The number of piperidine rings is 1. The molecule has 2 rings (SSSR count). The molecular weight excluding hydrogens is 248 g/mol. The molecule has 1 fully saturated rings. The number of nitriles is 1. The van der Waals surface area contributed by atoms with E-state index >= 15 is 0 Å². The van der Waals surface area contributed by atoms with Crippen LogP contribution in [0.2, 0.25) is 5.02 Å². The number of hydrogen-bond acceptors (Lipinski definition) is 3. The molecule has 0 radical (unpaired) electrons. The number of nitrogens with zero attached hydrogens (tertiary/aromatic N) is 2. The van der Waals surface area contributed by atoms with Gasteiger partial charge in [-0.15, -0.1) is 0 Å². The van der Waals surface area contributed by atoms with Gasteiger partial charge in [-0.3, -0.25) is 0 Å². The van der Waals surface area contributed by atoms with Crippen LogP contribution in [0.15, 0.2) is 18.2 Å². The lowest BCUT2D eigenvalue weighted by Crippen LogP contribution is -2.40. The number of rotatable bonds is 3. The predicted octanol–water partition coefficient (Wildman–Crippen LogP) is 3.07. The lowest BCUT2D eigenvalue weighted by Gasteiger charge is -2.32. The lowest BCUT2D eigenvalue weighted by molar-refractivity contribution is 0.125. The van der Waals surface area contributed by atoms with Crippen LogP contribution in [0.25, 0.3) is 0 Å². The molecule has 1 unspecified atom stereocenters. The Morgan fingerprint density at radius 3 is 3.06 bits per heavy atom. The Labute approximate surface area is 113 Å². The van der Waals surface area contributed by atoms with Crippen molar-refractivity contribution in [1.82, 2.24) is 4.90 Å². The molecule has 1 atom stereocenters. The van der Waals surface area contributed by atoms with E-state index in [2.05, 4.69) is 18.0 Å². The normalized spacial score (nSPS) is 20.4. The van der Waals surface area contributed by atoms with E-state index in [0.717, 1.165) is 13.0 Å². The number of ether oxygens (including phenoxy) is 1. The summed E-state index contributed by atoms with van der Waals surface area (Å²) in [5, 5.41) is 9.60. The molecule has 1 aromatic rings. The minimum atomic E-state index is 0.445. The van der Waals surface area contributed by atoms with Crippen LogP contribution >= 0.6 is 11.6 Å². The smallest absolute Gasteiger partial charge is 0.137 e. The molecule has 1 aromatic carbocycles. The largest absolute Gasteiger partial charge is 0.491 e. The topological polar surface area (TPSA) is 36.3 Å². The third-order valence-corrected chi connectivity index (χ3v) is 3.65. The van der Waals surface area contributed by atoms with Crippen LogP contribution in [0, 0.1) is 11.3 Å². The third-order valence-electron chi connectivity index (χ3n) is 3.41. The lowest BCUT2D eigenvalue weighted by atomic mass is 10.0. The van der Waals surface area contributed by atoms with Gasteiger partial charge in [0.1, 0.15) is 18.4 Å². The van der Waals surface area contributed by atoms with Crippen molar-refractivity contribution in [3.05, 3.63) is 28.8 Å². The maximum atomic E-state index is 9.03. The zero-order valence-electron chi connectivity index (χ0n) is 10.5. The van der Waals surface area contributed by atoms with Crippen molar-refractivity contribution < 1.29 is 4.74 Å². The third kappa shape index (κ3) is 3.16. The number of hydrogen-bond donors (Lipinski definition) is 0. The van der Waals surface area contributed by atoms with Crippen molar-refractivity contribution in [1.29, 1.82) is 5.26 Å². The van der Waals surface area contributed by atoms with Crippen LogP contribution in [0.3, 0.4) is 0 Å². The van der Waals surface area contributed by atoms with E-state index in [1.54, 1.807) is 18.2 Å². The molecule has 0 saturated carbocycles. The fourth-order valence-electron chi connectivity index (χ4n) is 2.26. The van der Waals surface area contributed by atoms with Gasteiger partial charge in [0.2, 0.25) is 0 Å². The predicted molar refractivity (Wildman–Crippen MR) is 71.9 cm³/mol. The zero-order valence-corrected chi connectivity index (χ0v) is 11.3. The van der Waals surface area contributed by atoms with E-state index in [1.807, 2.05) is 0 Å². The van der Waals surface area contributed by atoms with E-state index in [1.165, 1.54) is 12.8 Å². The van der Waals surface area contributed by atoms with Gasteiger partial charge in [0.15, 0.2) is 0 Å². The van der Waals surface area contributed by atoms with Crippen LogP contribution < -0.4 is 4.74 Å². The first-order valence-electron chi connectivity index (χ1n) is 6.23. The molecule has 4 heteroatoms. The number of benzene rings is 1. The van der Waals surface area contributed by atoms with E-state index in [0.29, 0.717) is 29.0 Å². The summed E-state index contributed by atoms with van der Waals surface area (Å²) < 4.78 is 5.77. The second kappa shape index (κ2) is 6.08. The van der Waals surface area contributed by atoms with Crippen molar-refractivity contribution >= 4 is 11.6 Å². The minimum Gasteiger partial charge on any atom is -0.491 e. The second-order valence-corrected chi connectivity index (χ2v) is 5.13. The number of halogens is 1. The summed E-state index contributed by atoms with van der Waals surface area (Å²) in [7, 11) is 2.13. The minimum absolute atomic E-state index is 0.445. The fourth-order valence-corrected chi connectivity index (χ4v) is 2.43. The molecule has 0 amide bonds. The maximum absolute atomic E-state index is 9.03. The van der Waals surface area contributed by atoms with Crippen LogP contribution in [-0.2, 0) is 0 Å². The first kappa shape index (κ1) is 13.2. The molecule has 1 aliphatic heterocycles. The number of likely N-dealkylation sites (N-methyl/N-ethyl adjacent to an activating group) is 1. The standard InChI is InChI=1S/C14H17ClN2O/c1-17-7-3-2-4-13(17)10-18-14-6-5-12(15)8-11(14)9-16/h5-6,8,13H,2-4,7,10H2,1H3. The summed E-state index contributed by atoms with van der Waals surface area (Å²) in [6.45, 7) is 1.76. The highest BCUT2D eigenvalue weighted by Crippen LogP contribution is 2.23. The van der Waals surface area contributed by atoms with Crippen LogP contribution in [0.4, 0.5) is 0 Å². The Hall–Kier alpha value is -1.24. The Morgan fingerprint density at radius 1 is 1.50 bits per heavy atom. The van der Waals surface area contributed by atoms with Crippen LogP contribution in [0.1, 0.15) is 24.8 Å². The summed E-state index contributed by atoms with van der Waals surface area (Å²) in [5.74, 6) is 0.626. The van der Waals surface area contributed by atoms with Crippen LogP contribution in [-0.4, -0.2) is 31.1 Å². The van der Waals surface area contributed by atoms with Gasteiger partial charge in [0, 0.05) is 11.1 Å². The maximum Gasteiger partial charge on any atom is 0.137 e. The van der Waals surface area contributed by atoms with Gasteiger partial charge >= 0.3 is 0 Å². The molecule has 18 heavy (non-hydrogen) atoms. The summed E-state index contributed by atoms with van der Waals surface area (Å²) >= 11 is 5.85. The highest BCUT2D eigenvalue weighted by atomic mass is 35.5. The molecular formula is C14H17ClN2O. The molecule has 1 heterocycles. The summed E-state index contributed by atoms with van der Waals surface area (Å²) in [6, 6.07) is 7.72. The summed E-state index contributed by atoms with van der Waals surface area (Å²) in [5.41, 5.74) is 0.501. The van der Waals surface area contributed by atoms with Gasteiger partial charge < -0.3 is 9.64 Å². The molecule has 1 aliphatic rings. The van der Waals surface area contributed by atoms with Gasteiger partial charge in [-0.05, 0) is 44.6 Å². The van der Waals surface area contributed by atoms with Crippen molar-refractivity contribution in [2.24, 2.45) is 0 Å². The van der Waals surface area contributed by atoms with Crippen molar-refractivity contribution in [2.75, 3.05) is 20.2 Å². The van der Waals surface area contributed by atoms with Crippen LogP contribution in [0.5, 0.6) is 5.75 Å². The molecule has 0 aliphatic carbocycles.